The Morgan fingerprint density at radius 2 is 2.00 bits per heavy atom. The molecule has 0 unspecified atom stereocenters. The third-order valence-electron chi connectivity index (χ3n) is 3.03. The summed E-state index contributed by atoms with van der Waals surface area (Å²) in [6.07, 6.45) is 2.54. The minimum Gasteiger partial charge on any atom is -0.396 e. The van der Waals surface area contributed by atoms with Crippen LogP contribution in [0, 0.1) is 11.6 Å². The molecule has 0 spiro atoms. The quantitative estimate of drug-likeness (QED) is 0.736. The molecule has 0 fully saturated rings. The molecular weight excluding hydrogens is 278 g/mol. The van der Waals surface area contributed by atoms with Crippen molar-refractivity contribution < 1.29 is 18.7 Å². The largest absolute Gasteiger partial charge is 0.396 e. The number of halogens is 2. The number of hydrogen-bond donors (Lipinski definition) is 2. The Morgan fingerprint density at radius 1 is 1.29 bits per heavy atom. The third kappa shape index (κ3) is 6.64. The number of nitrogens with zero attached hydrogens (tertiary/aromatic N) is 1. The number of benzene rings is 1. The molecule has 0 radical (unpaired) electrons. The van der Waals surface area contributed by atoms with E-state index in [1.807, 2.05) is 4.90 Å². The number of carbonyl (C=O) groups is 1. The van der Waals surface area contributed by atoms with Crippen LogP contribution in [0.5, 0.6) is 0 Å². The number of amides is 1. The van der Waals surface area contributed by atoms with E-state index in [4.69, 9.17) is 5.11 Å². The molecule has 0 bridgehead atoms. The van der Waals surface area contributed by atoms with Gasteiger partial charge in [-0.25, -0.2) is 8.78 Å². The summed E-state index contributed by atoms with van der Waals surface area (Å²) >= 11 is 0. The lowest BCUT2D eigenvalue weighted by Gasteiger charge is -2.21. The minimum absolute atomic E-state index is 0.0287. The molecule has 0 aliphatic heterocycles. The minimum atomic E-state index is -0.793. The Balaban J connectivity index is 2.55. The summed E-state index contributed by atoms with van der Waals surface area (Å²) in [6.45, 7) is 3.59. The van der Waals surface area contributed by atoms with Crippen molar-refractivity contribution in [1.82, 2.24) is 4.90 Å². The molecule has 1 rings (SSSR count). The predicted octanol–water partition coefficient (Wildman–Crippen LogP) is 2.39. The monoisotopic (exact) mass is 300 g/mol. The second-order valence-corrected chi connectivity index (χ2v) is 4.88. The van der Waals surface area contributed by atoms with Gasteiger partial charge in [0.15, 0.2) is 0 Å². The highest BCUT2D eigenvalue weighted by atomic mass is 19.1. The van der Waals surface area contributed by atoms with Crippen LogP contribution in [-0.2, 0) is 4.79 Å². The number of nitrogens with one attached hydrogen (secondary N) is 1. The van der Waals surface area contributed by atoms with Gasteiger partial charge in [-0.3, -0.25) is 9.69 Å². The van der Waals surface area contributed by atoms with Crippen LogP contribution >= 0.6 is 0 Å². The maximum absolute atomic E-state index is 13.5. The van der Waals surface area contributed by atoms with Gasteiger partial charge < -0.3 is 10.4 Å². The Kier molecular flexibility index (Phi) is 7.85. The van der Waals surface area contributed by atoms with E-state index >= 15 is 0 Å². The molecule has 1 amide bonds. The fraction of sp³-hybridized carbons (Fsp3) is 0.533. The van der Waals surface area contributed by atoms with Gasteiger partial charge in [0.05, 0.1) is 12.2 Å². The number of rotatable bonds is 9. The van der Waals surface area contributed by atoms with E-state index in [0.29, 0.717) is 13.0 Å². The van der Waals surface area contributed by atoms with Crippen molar-refractivity contribution in [2.24, 2.45) is 0 Å². The van der Waals surface area contributed by atoms with E-state index in [-0.39, 0.29) is 24.7 Å². The highest BCUT2D eigenvalue weighted by Gasteiger charge is 2.12. The van der Waals surface area contributed by atoms with Crippen molar-refractivity contribution in [3.05, 3.63) is 29.8 Å². The van der Waals surface area contributed by atoms with Gasteiger partial charge in [0.2, 0.25) is 5.91 Å². The van der Waals surface area contributed by atoms with Gasteiger partial charge in [-0.1, -0.05) is 13.3 Å². The summed E-state index contributed by atoms with van der Waals surface area (Å²) in [5.41, 5.74) is -0.0287. The lowest BCUT2D eigenvalue weighted by atomic mass is 10.2. The molecule has 0 saturated heterocycles. The van der Waals surface area contributed by atoms with Crippen molar-refractivity contribution in [3.63, 3.8) is 0 Å². The molecule has 118 valence electrons. The lowest BCUT2D eigenvalue weighted by molar-refractivity contribution is -0.117. The molecule has 0 aromatic heterocycles. The first-order valence-electron chi connectivity index (χ1n) is 7.15. The van der Waals surface area contributed by atoms with Crippen LogP contribution in [0.15, 0.2) is 18.2 Å². The standard InChI is InChI=1S/C15H22F2N2O2/c1-2-3-7-19(8-4-9-20)11-15(21)18-14-6-5-12(16)10-13(14)17/h5-6,10,20H,2-4,7-9,11H2,1H3,(H,18,21). The molecule has 0 atom stereocenters. The second-order valence-electron chi connectivity index (χ2n) is 4.88. The summed E-state index contributed by atoms with van der Waals surface area (Å²) in [5, 5.41) is 11.3. The van der Waals surface area contributed by atoms with Gasteiger partial charge >= 0.3 is 0 Å². The van der Waals surface area contributed by atoms with Crippen LogP contribution in [0.25, 0.3) is 0 Å². The number of aliphatic hydroxyl groups excluding tert-OH is 1. The number of carbonyl (C=O) groups excluding carboxylic acids is 1. The molecule has 1 aromatic rings. The molecule has 4 nitrogen and oxygen atoms in total. The van der Waals surface area contributed by atoms with Crippen LogP contribution in [0.2, 0.25) is 0 Å². The van der Waals surface area contributed by atoms with E-state index < -0.39 is 11.6 Å². The van der Waals surface area contributed by atoms with E-state index in [1.165, 1.54) is 6.07 Å². The Bertz CT molecular complexity index is 447. The Morgan fingerprint density at radius 3 is 2.62 bits per heavy atom. The van der Waals surface area contributed by atoms with Crippen LogP contribution in [0.1, 0.15) is 26.2 Å². The van der Waals surface area contributed by atoms with Gasteiger partial charge in [-0.2, -0.15) is 0 Å². The number of anilines is 1. The zero-order valence-electron chi connectivity index (χ0n) is 12.2. The van der Waals surface area contributed by atoms with Gasteiger partial charge in [0.25, 0.3) is 0 Å². The van der Waals surface area contributed by atoms with Gasteiger partial charge in [0, 0.05) is 19.2 Å². The SMILES string of the molecule is CCCCN(CCCO)CC(=O)Nc1ccc(F)cc1F. The van der Waals surface area contributed by atoms with Gasteiger partial charge in [-0.05, 0) is 31.5 Å². The topological polar surface area (TPSA) is 52.6 Å². The van der Waals surface area contributed by atoms with E-state index in [2.05, 4.69) is 12.2 Å². The molecular formula is C15H22F2N2O2. The molecule has 0 aliphatic rings. The van der Waals surface area contributed by atoms with Crippen LogP contribution in [0.4, 0.5) is 14.5 Å². The van der Waals surface area contributed by atoms with Crippen molar-refractivity contribution in [2.75, 3.05) is 31.6 Å². The molecule has 0 heterocycles. The number of aliphatic hydroxyl groups is 1. The summed E-state index contributed by atoms with van der Waals surface area (Å²) in [4.78, 5) is 13.8. The Labute approximate surface area is 123 Å². The highest BCUT2D eigenvalue weighted by molar-refractivity contribution is 5.92. The fourth-order valence-electron chi connectivity index (χ4n) is 1.93. The first-order valence-corrected chi connectivity index (χ1v) is 7.15. The summed E-state index contributed by atoms with van der Waals surface area (Å²) in [5.74, 6) is -1.83. The lowest BCUT2D eigenvalue weighted by Crippen LogP contribution is -2.35. The van der Waals surface area contributed by atoms with Crippen LogP contribution in [-0.4, -0.2) is 42.2 Å². The average molecular weight is 300 g/mol. The summed E-state index contributed by atoms with van der Waals surface area (Å²) in [7, 11) is 0. The summed E-state index contributed by atoms with van der Waals surface area (Å²) < 4.78 is 26.2. The first-order chi connectivity index (χ1) is 10.1. The molecule has 21 heavy (non-hydrogen) atoms. The molecule has 1 aromatic carbocycles. The smallest absolute Gasteiger partial charge is 0.238 e. The molecule has 6 heteroatoms. The van der Waals surface area contributed by atoms with Crippen LogP contribution < -0.4 is 5.32 Å². The van der Waals surface area contributed by atoms with Crippen molar-refractivity contribution >= 4 is 11.6 Å². The fourth-order valence-corrected chi connectivity index (χ4v) is 1.93. The predicted molar refractivity (Wildman–Crippen MR) is 78.0 cm³/mol. The van der Waals surface area contributed by atoms with Crippen LogP contribution in [0.3, 0.4) is 0 Å². The normalized spacial score (nSPS) is 10.9. The summed E-state index contributed by atoms with van der Waals surface area (Å²) in [6, 6.07) is 3.03. The van der Waals surface area contributed by atoms with Gasteiger partial charge in [0.1, 0.15) is 11.6 Å². The third-order valence-corrected chi connectivity index (χ3v) is 3.03. The maximum Gasteiger partial charge on any atom is 0.238 e. The van der Waals surface area contributed by atoms with Gasteiger partial charge in [-0.15, -0.1) is 0 Å². The molecule has 2 N–H and O–H groups in total. The highest BCUT2D eigenvalue weighted by Crippen LogP contribution is 2.14. The first kappa shape index (κ1) is 17.5. The number of unbranched alkanes of at least 4 members (excludes halogenated alkanes) is 1. The van der Waals surface area contributed by atoms with Crippen molar-refractivity contribution in [2.45, 2.75) is 26.2 Å². The van der Waals surface area contributed by atoms with E-state index in [0.717, 1.165) is 31.5 Å². The maximum atomic E-state index is 13.5. The Hall–Kier alpha value is -1.53. The van der Waals surface area contributed by atoms with Crippen molar-refractivity contribution in [1.29, 1.82) is 0 Å². The second kappa shape index (κ2) is 9.41. The molecule has 0 saturated carbocycles. The molecule has 0 aliphatic carbocycles. The average Bonchev–Trinajstić information content (AvgIpc) is 2.45. The zero-order valence-corrected chi connectivity index (χ0v) is 12.2. The van der Waals surface area contributed by atoms with Crippen molar-refractivity contribution in [3.8, 4) is 0 Å². The zero-order chi connectivity index (χ0) is 15.7. The van der Waals surface area contributed by atoms with E-state index in [1.54, 1.807) is 0 Å². The number of hydrogen-bond acceptors (Lipinski definition) is 3. The van der Waals surface area contributed by atoms with E-state index in [9.17, 15) is 13.6 Å².